The van der Waals surface area contributed by atoms with Gasteiger partial charge in [0.2, 0.25) is 0 Å². The minimum atomic E-state index is -0.644. The van der Waals surface area contributed by atoms with Crippen LogP contribution in [0.25, 0.3) is 6.08 Å². The molecule has 0 bridgehead atoms. The second-order valence-electron chi connectivity index (χ2n) is 5.71. The number of amides is 1. The average molecular weight is 366 g/mol. The summed E-state index contributed by atoms with van der Waals surface area (Å²) in [5.74, 6) is -1.37. The third kappa shape index (κ3) is 6.40. The third-order valence-corrected chi connectivity index (χ3v) is 3.79. The van der Waals surface area contributed by atoms with E-state index in [4.69, 9.17) is 10.00 Å². The Kier molecular flexibility index (Phi) is 7.26. The highest BCUT2D eigenvalue weighted by Gasteiger charge is 2.14. The maximum Gasteiger partial charge on any atom is 0.331 e. The topological polar surface area (TPSA) is 70.4 Å². The van der Waals surface area contributed by atoms with Crippen LogP contribution in [0.5, 0.6) is 0 Å². The summed E-state index contributed by atoms with van der Waals surface area (Å²) in [5.41, 5.74) is 1.93. The van der Waals surface area contributed by atoms with Gasteiger partial charge in [-0.3, -0.25) is 4.79 Å². The van der Waals surface area contributed by atoms with Gasteiger partial charge in [-0.1, -0.05) is 24.3 Å². The SMILES string of the molecule is CCN(Cc1cccc(F)c1)C(=O)COC(=O)/C=C/c1ccc(C#N)cc1. The number of ether oxygens (including phenoxy) is 1. The summed E-state index contributed by atoms with van der Waals surface area (Å²) < 4.78 is 18.2. The van der Waals surface area contributed by atoms with Crippen molar-refractivity contribution in [2.45, 2.75) is 13.5 Å². The largest absolute Gasteiger partial charge is 0.452 e. The average Bonchev–Trinajstić information content (AvgIpc) is 2.69. The van der Waals surface area contributed by atoms with Crippen molar-refractivity contribution in [3.05, 3.63) is 77.1 Å². The molecule has 0 radical (unpaired) electrons. The van der Waals surface area contributed by atoms with Crippen LogP contribution >= 0.6 is 0 Å². The van der Waals surface area contributed by atoms with E-state index in [0.29, 0.717) is 17.7 Å². The second kappa shape index (κ2) is 9.88. The van der Waals surface area contributed by atoms with Gasteiger partial charge in [0, 0.05) is 19.2 Å². The molecule has 0 aliphatic heterocycles. The molecule has 0 fully saturated rings. The number of likely N-dealkylation sites (N-methyl/N-ethyl adjacent to an activating group) is 1. The molecule has 6 heteroatoms. The first-order valence-electron chi connectivity index (χ1n) is 8.39. The number of esters is 1. The van der Waals surface area contributed by atoms with E-state index in [-0.39, 0.29) is 24.9 Å². The Morgan fingerprint density at radius 3 is 2.59 bits per heavy atom. The van der Waals surface area contributed by atoms with Crippen molar-refractivity contribution in [1.29, 1.82) is 5.26 Å². The fourth-order valence-corrected chi connectivity index (χ4v) is 2.34. The predicted octanol–water partition coefficient (Wildman–Crippen LogP) is 3.30. The molecule has 27 heavy (non-hydrogen) atoms. The van der Waals surface area contributed by atoms with Gasteiger partial charge < -0.3 is 9.64 Å². The number of hydrogen-bond donors (Lipinski definition) is 0. The first kappa shape index (κ1) is 19.9. The third-order valence-electron chi connectivity index (χ3n) is 3.79. The van der Waals surface area contributed by atoms with Crippen molar-refractivity contribution in [3.8, 4) is 6.07 Å². The molecule has 2 rings (SSSR count). The van der Waals surface area contributed by atoms with Crippen LogP contribution in [0.3, 0.4) is 0 Å². The van der Waals surface area contributed by atoms with Crippen molar-refractivity contribution < 1.29 is 18.7 Å². The summed E-state index contributed by atoms with van der Waals surface area (Å²) in [5, 5.41) is 8.74. The molecule has 0 saturated heterocycles. The number of hydrogen-bond acceptors (Lipinski definition) is 4. The zero-order chi connectivity index (χ0) is 19.6. The highest BCUT2D eigenvalue weighted by molar-refractivity contribution is 5.89. The van der Waals surface area contributed by atoms with Crippen LogP contribution in [0.15, 0.2) is 54.6 Å². The molecule has 2 aromatic rings. The summed E-state index contributed by atoms with van der Waals surface area (Å²) in [7, 11) is 0. The van der Waals surface area contributed by atoms with Gasteiger partial charge in [-0.05, 0) is 48.4 Å². The minimum Gasteiger partial charge on any atom is -0.452 e. The van der Waals surface area contributed by atoms with Gasteiger partial charge in [0.25, 0.3) is 5.91 Å². The van der Waals surface area contributed by atoms with Crippen molar-refractivity contribution in [2.24, 2.45) is 0 Å². The van der Waals surface area contributed by atoms with Gasteiger partial charge in [0.15, 0.2) is 6.61 Å². The molecule has 0 aliphatic rings. The number of halogens is 1. The Bertz CT molecular complexity index is 870. The fourth-order valence-electron chi connectivity index (χ4n) is 2.34. The number of carbonyl (C=O) groups is 2. The Hall–Kier alpha value is -3.46. The lowest BCUT2D eigenvalue weighted by atomic mass is 10.1. The normalized spacial score (nSPS) is 10.4. The Balaban J connectivity index is 1.85. The van der Waals surface area contributed by atoms with Gasteiger partial charge in [0.05, 0.1) is 11.6 Å². The van der Waals surface area contributed by atoms with Crippen LogP contribution < -0.4 is 0 Å². The highest BCUT2D eigenvalue weighted by Crippen LogP contribution is 2.08. The van der Waals surface area contributed by atoms with E-state index in [9.17, 15) is 14.0 Å². The first-order chi connectivity index (χ1) is 13.0. The van der Waals surface area contributed by atoms with E-state index in [1.807, 2.05) is 6.07 Å². The molecule has 0 N–H and O–H groups in total. The van der Waals surface area contributed by atoms with Gasteiger partial charge in [0.1, 0.15) is 5.82 Å². The molecule has 0 saturated carbocycles. The maximum absolute atomic E-state index is 13.2. The summed E-state index contributed by atoms with van der Waals surface area (Å²) in [6.07, 6.45) is 2.76. The van der Waals surface area contributed by atoms with Gasteiger partial charge in [-0.2, -0.15) is 5.26 Å². The smallest absolute Gasteiger partial charge is 0.331 e. The summed E-state index contributed by atoms with van der Waals surface area (Å²) in [6.45, 7) is 2.06. The van der Waals surface area contributed by atoms with Gasteiger partial charge >= 0.3 is 5.97 Å². The van der Waals surface area contributed by atoms with Crippen molar-refractivity contribution >= 4 is 18.0 Å². The molecule has 0 aliphatic carbocycles. The standard InChI is InChI=1S/C21H19FN2O3/c1-2-24(14-18-4-3-5-19(22)12-18)20(25)15-27-21(26)11-10-16-6-8-17(13-23)9-7-16/h3-12H,2,14-15H2,1H3/b11-10+. The Morgan fingerprint density at radius 1 is 1.22 bits per heavy atom. The van der Waals surface area contributed by atoms with Gasteiger partial charge in [-0.15, -0.1) is 0 Å². The number of carbonyl (C=O) groups excluding carboxylic acids is 2. The molecule has 2 aromatic carbocycles. The summed E-state index contributed by atoms with van der Waals surface area (Å²) in [4.78, 5) is 25.5. The van der Waals surface area contributed by atoms with E-state index >= 15 is 0 Å². The van der Waals surface area contributed by atoms with E-state index in [2.05, 4.69) is 0 Å². The lowest BCUT2D eigenvalue weighted by Crippen LogP contribution is -2.34. The van der Waals surface area contributed by atoms with Crippen LogP contribution in [-0.4, -0.2) is 29.9 Å². The fraction of sp³-hybridized carbons (Fsp3) is 0.190. The quantitative estimate of drug-likeness (QED) is 0.557. The van der Waals surface area contributed by atoms with Gasteiger partial charge in [-0.25, -0.2) is 9.18 Å². The van der Waals surface area contributed by atoms with Crippen molar-refractivity contribution in [1.82, 2.24) is 4.90 Å². The molecule has 5 nitrogen and oxygen atoms in total. The van der Waals surface area contributed by atoms with Crippen LogP contribution in [0, 0.1) is 17.1 Å². The summed E-state index contributed by atoms with van der Waals surface area (Å²) >= 11 is 0. The van der Waals surface area contributed by atoms with Crippen molar-refractivity contribution in [2.75, 3.05) is 13.2 Å². The predicted molar refractivity (Wildman–Crippen MR) is 98.6 cm³/mol. The van der Waals surface area contributed by atoms with Crippen molar-refractivity contribution in [3.63, 3.8) is 0 Å². The molecule has 0 unspecified atom stereocenters. The molecular formula is C21H19FN2O3. The monoisotopic (exact) mass is 366 g/mol. The van der Waals surface area contributed by atoms with E-state index in [0.717, 1.165) is 5.56 Å². The van der Waals surface area contributed by atoms with Crippen LogP contribution in [0.1, 0.15) is 23.6 Å². The molecule has 138 valence electrons. The highest BCUT2D eigenvalue weighted by atomic mass is 19.1. The van der Waals surface area contributed by atoms with E-state index < -0.39 is 5.97 Å². The second-order valence-corrected chi connectivity index (χ2v) is 5.71. The number of rotatable bonds is 7. The van der Waals surface area contributed by atoms with E-state index in [1.165, 1.54) is 29.2 Å². The minimum absolute atomic E-state index is 0.242. The molecule has 0 aromatic heterocycles. The van der Waals surface area contributed by atoms with Crippen LogP contribution in [-0.2, 0) is 20.9 Å². The lowest BCUT2D eigenvalue weighted by molar-refractivity contribution is -0.148. The number of nitriles is 1. The molecule has 0 atom stereocenters. The van der Waals surface area contributed by atoms with Crippen LogP contribution in [0.2, 0.25) is 0 Å². The first-order valence-corrected chi connectivity index (χ1v) is 8.39. The summed E-state index contributed by atoms with van der Waals surface area (Å²) in [6, 6.07) is 14.7. The Labute approximate surface area is 157 Å². The van der Waals surface area contributed by atoms with Crippen LogP contribution in [0.4, 0.5) is 4.39 Å². The maximum atomic E-state index is 13.2. The zero-order valence-corrected chi connectivity index (χ0v) is 14.9. The molecule has 0 spiro atoms. The molecule has 1 amide bonds. The lowest BCUT2D eigenvalue weighted by Gasteiger charge is -2.20. The number of nitrogens with zero attached hydrogens (tertiary/aromatic N) is 2. The molecule has 0 heterocycles. The molecular weight excluding hydrogens is 347 g/mol. The van der Waals surface area contributed by atoms with E-state index in [1.54, 1.807) is 43.3 Å². The Morgan fingerprint density at radius 2 is 1.96 bits per heavy atom. The number of benzene rings is 2. The zero-order valence-electron chi connectivity index (χ0n) is 14.9.